The summed E-state index contributed by atoms with van der Waals surface area (Å²) in [6, 6.07) is 3.79. The third-order valence-electron chi connectivity index (χ3n) is 3.34. The van der Waals surface area contributed by atoms with Crippen molar-refractivity contribution in [3.63, 3.8) is 0 Å². The molecule has 0 saturated carbocycles. The molecule has 1 saturated heterocycles. The van der Waals surface area contributed by atoms with Gasteiger partial charge in [0.1, 0.15) is 0 Å². The molecule has 2 N–H and O–H groups in total. The van der Waals surface area contributed by atoms with E-state index in [-0.39, 0.29) is 5.54 Å². The molecule has 4 heteroatoms. The number of nitrogens with zero attached hydrogens (tertiary/aromatic N) is 3. The molecule has 0 aliphatic carbocycles. The van der Waals surface area contributed by atoms with Crippen LogP contribution in [0, 0.1) is 0 Å². The van der Waals surface area contributed by atoms with Gasteiger partial charge in [-0.15, -0.1) is 0 Å². The van der Waals surface area contributed by atoms with Gasteiger partial charge in [0, 0.05) is 37.9 Å². The van der Waals surface area contributed by atoms with E-state index in [2.05, 4.69) is 35.6 Å². The fraction of sp³-hybridized carbons (Fsp3) is 0.615. The Balaban J connectivity index is 2.03. The SMILES string of the molecule is CC(C)(C)N1CCN(c2ncccc2N)CC1. The van der Waals surface area contributed by atoms with Gasteiger partial charge in [-0.2, -0.15) is 0 Å². The Hall–Kier alpha value is -1.29. The molecule has 17 heavy (non-hydrogen) atoms. The van der Waals surface area contributed by atoms with Crippen LogP contribution in [0.4, 0.5) is 11.5 Å². The maximum absolute atomic E-state index is 5.95. The van der Waals surface area contributed by atoms with Crippen LogP contribution in [0.2, 0.25) is 0 Å². The first-order valence-electron chi connectivity index (χ1n) is 6.19. The number of hydrogen-bond donors (Lipinski definition) is 1. The molecule has 0 atom stereocenters. The summed E-state index contributed by atoms with van der Waals surface area (Å²) in [5.74, 6) is 0.932. The van der Waals surface area contributed by atoms with E-state index in [0.29, 0.717) is 0 Å². The van der Waals surface area contributed by atoms with E-state index in [1.165, 1.54) is 0 Å². The first-order valence-corrected chi connectivity index (χ1v) is 6.19. The topological polar surface area (TPSA) is 45.4 Å². The summed E-state index contributed by atoms with van der Waals surface area (Å²) >= 11 is 0. The standard InChI is InChI=1S/C13H22N4/c1-13(2,3)17-9-7-16(8-10-17)12-11(14)5-4-6-15-12/h4-6H,7-10,14H2,1-3H3. The fourth-order valence-electron chi connectivity index (χ4n) is 2.26. The fourth-order valence-corrected chi connectivity index (χ4v) is 2.26. The monoisotopic (exact) mass is 234 g/mol. The molecule has 4 nitrogen and oxygen atoms in total. The molecule has 1 fully saturated rings. The summed E-state index contributed by atoms with van der Waals surface area (Å²) in [6.45, 7) is 10.9. The highest BCUT2D eigenvalue weighted by molar-refractivity contribution is 5.62. The lowest BCUT2D eigenvalue weighted by molar-refractivity contribution is 0.128. The molecule has 0 unspecified atom stereocenters. The van der Waals surface area contributed by atoms with Crippen LogP contribution in [0.25, 0.3) is 0 Å². The van der Waals surface area contributed by atoms with Crippen LogP contribution in [0.3, 0.4) is 0 Å². The molecule has 1 aromatic rings. The number of nitrogen functional groups attached to an aromatic ring is 1. The highest BCUT2D eigenvalue weighted by atomic mass is 15.3. The molecule has 1 aromatic heterocycles. The zero-order valence-corrected chi connectivity index (χ0v) is 11.0. The summed E-state index contributed by atoms with van der Waals surface area (Å²) in [6.07, 6.45) is 1.81. The third kappa shape index (κ3) is 2.69. The lowest BCUT2D eigenvalue weighted by Crippen LogP contribution is -2.53. The Morgan fingerprint density at radius 3 is 2.35 bits per heavy atom. The minimum absolute atomic E-state index is 0.252. The van der Waals surface area contributed by atoms with Crippen LogP contribution in [0.15, 0.2) is 18.3 Å². The van der Waals surface area contributed by atoms with E-state index in [0.717, 1.165) is 37.7 Å². The van der Waals surface area contributed by atoms with E-state index >= 15 is 0 Å². The van der Waals surface area contributed by atoms with Crippen molar-refractivity contribution >= 4 is 11.5 Å². The Bertz CT molecular complexity index is 375. The molecule has 1 aliphatic heterocycles. The van der Waals surface area contributed by atoms with Crippen LogP contribution < -0.4 is 10.6 Å². The van der Waals surface area contributed by atoms with E-state index in [4.69, 9.17) is 5.73 Å². The summed E-state index contributed by atoms with van der Waals surface area (Å²) in [5, 5.41) is 0. The van der Waals surface area contributed by atoms with Crippen molar-refractivity contribution < 1.29 is 0 Å². The number of hydrogen-bond acceptors (Lipinski definition) is 4. The van der Waals surface area contributed by atoms with Crippen LogP contribution >= 0.6 is 0 Å². The molecule has 0 amide bonds. The van der Waals surface area contributed by atoms with Crippen LogP contribution in [0.5, 0.6) is 0 Å². The maximum Gasteiger partial charge on any atom is 0.151 e. The lowest BCUT2D eigenvalue weighted by atomic mass is 10.0. The van der Waals surface area contributed by atoms with Crippen LogP contribution in [-0.4, -0.2) is 41.6 Å². The number of anilines is 2. The summed E-state index contributed by atoms with van der Waals surface area (Å²) in [5.41, 5.74) is 6.98. The molecular formula is C13H22N4. The van der Waals surface area contributed by atoms with E-state index in [9.17, 15) is 0 Å². The highest BCUT2D eigenvalue weighted by Gasteiger charge is 2.26. The minimum atomic E-state index is 0.252. The minimum Gasteiger partial charge on any atom is -0.396 e. The molecule has 0 aromatic carbocycles. The van der Waals surface area contributed by atoms with Crippen molar-refractivity contribution in [1.29, 1.82) is 0 Å². The normalized spacial score (nSPS) is 18.4. The number of aromatic nitrogens is 1. The Kier molecular flexibility index (Phi) is 3.24. The maximum atomic E-state index is 5.95. The zero-order chi connectivity index (χ0) is 12.5. The summed E-state index contributed by atoms with van der Waals surface area (Å²) in [4.78, 5) is 9.15. The second kappa shape index (κ2) is 4.53. The van der Waals surface area contributed by atoms with Gasteiger partial charge in [0.2, 0.25) is 0 Å². The third-order valence-corrected chi connectivity index (χ3v) is 3.34. The second-order valence-corrected chi connectivity index (χ2v) is 5.56. The Morgan fingerprint density at radius 2 is 1.82 bits per heavy atom. The van der Waals surface area contributed by atoms with Gasteiger partial charge in [-0.1, -0.05) is 0 Å². The van der Waals surface area contributed by atoms with E-state index < -0.39 is 0 Å². The molecule has 0 spiro atoms. The molecule has 2 heterocycles. The predicted octanol–water partition coefficient (Wildman–Crippen LogP) is 1.58. The van der Waals surface area contributed by atoms with Crippen molar-refractivity contribution in [1.82, 2.24) is 9.88 Å². The average Bonchev–Trinajstić information content (AvgIpc) is 2.29. The van der Waals surface area contributed by atoms with Gasteiger partial charge in [-0.05, 0) is 32.9 Å². The van der Waals surface area contributed by atoms with Gasteiger partial charge >= 0.3 is 0 Å². The quantitative estimate of drug-likeness (QED) is 0.801. The van der Waals surface area contributed by atoms with Gasteiger partial charge in [-0.3, -0.25) is 4.90 Å². The molecular weight excluding hydrogens is 212 g/mol. The molecule has 1 aliphatic rings. The number of rotatable bonds is 1. The van der Waals surface area contributed by atoms with Crippen molar-refractivity contribution in [2.75, 3.05) is 36.8 Å². The van der Waals surface area contributed by atoms with Gasteiger partial charge in [0.15, 0.2) is 5.82 Å². The Labute approximate surface area is 103 Å². The molecule has 0 radical (unpaired) electrons. The van der Waals surface area contributed by atoms with E-state index in [1.807, 2.05) is 18.3 Å². The smallest absolute Gasteiger partial charge is 0.151 e. The van der Waals surface area contributed by atoms with Crippen molar-refractivity contribution in [3.05, 3.63) is 18.3 Å². The lowest BCUT2D eigenvalue weighted by Gasteiger charge is -2.42. The van der Waals surface area contributed by atoms with Crippen LogP contribution in [0.1, 0.15) is 20.8 Å². The van der Waals surface area contributed by atoms with Crippen molar-refractivity contribution in [3.8, 4) is 0 Å². The average molecular weight is 234 g/mol. The summed E-state index contributed by atoms with van der Waals surface area (Å²) < 4.78 is 0. The van der Waals surface area contributed by atoms with Gasteiger partial charge < -0.3 is 10.6 Å². The predicted molar refractivity (Wildman–Crippen MR) is 72.2 cm³/mol. The van der Waals surface area contributed by atoms with Gasteiger partial charge in [0.05, 0.1) is 5.69 Å². The molecule has 94 valence electrons. The summed E-state index contributed by atoms with van der Waals surface area (Å²) in [7, 11) is 0. The number of piperazine rings is 1. The number of pyridine rings is 1. The molecule has 0 bridgehead atoms. The largest absolute Gasteiger partial charge is 0.396 e. The molecule has 2 rings (SSSR count). The Morgan fingerprint density at radius 1 is 1.18 bits per heavy atom. The second-order valence-electron chi connectivity index (χ2n) is 5.56. The zero-order valence-electron chi connectivity index (χ0n) is 11.0. The van der Waals surface area contributed by atoms with E-state index in [1.54, 1.807) is 0 Å². The van der Waals surface area contributed by atoms with Gasteiger partial charge in [-0.25, -0.2) is 4.98 Å². The van der Waals surface area contributed by atoms with Crippen molar-refractivity contribution in [2.45, 2.75) is 26.3 Å². The van der Waals surface area contributed by atoms with Crippen LogP contribution in [-0.2, 0) is 0 Å². The first-order chi connectivity index (χ1) is 7.98. The first kappa shape index (κ1) is 12.2. The van der Waals surface area contributed by atoms with Gasteiger partial charge in [0.25, 0.3) is 0 Å². The number of nitrogens with two attached hydrogens (primary N) is 1. The highest BCUT2D eigenvalue weighted by Crippen LogP contribution is 2.23. The van der Waals surface area contributed by atoms with Crippen molar-refractivity contribution in [2.24, 2.45) is 0 Å².